The molecule has 0 saturated carbocycles. The molecule has 0 saturated heterocycles. The van der Waals surface area contributed by atoms with Crippen LogP contribution in [-0.2, 0) is 0 Å². The molecule has 0 unspecified atom stereocenters. The minimum Gasteiger partial charge on any atom is -0.359 e. The van der Waals surface area contributed by atoms with Gasteiger partial charge in [0.1, 0.15) is 0 Å². The van der Waals surface area contributed by atoms with Gasteiger partial charge < -0.3 is 4.98 Å². The summed E-state index contributed by atoms with van der Waals surface area (Å²) in [5.41, 5.74) is 0.667. The average Bonchev–Trinajstić information content (AvgIpc) is 2.16. The van der Waals surface area contributed by atoms with Crippen LogP contribution in [0.3, 0.4) is 0 Å². The summed E-state index contributed by atoms with van der Waals surface area (Å²) < 4.78 is 1.41. The zero-order valence-corrected chi connectivity index (χ0v) is 11.3. The highest BCUT2D eigenvalue weighted by Crippen LogP contribution is 2.26. The largest absolute Gasteiger partial charge is 0.359 e. The number of nitrogens with one attached hydrogen (secondary N) is 1. The average molecular weight is 384 g/mol. The molecule has 0 bridgehead atoms. The van der Waals surface area contributed by atoms with Crippen LogP contribution < -0.4 is 5.43 Å². The molecule has 1 heterocycles. The molecular weight excluding hydrogens is 380 g/mol. The summed E-state index contributed by atoms with van der Waals surface area (Å²) in [6, 6.07) is 3.52. The Hall–Kier alpha value is -0.0700. The van der Waals surface area contributed by atoms with E-state index in [4.69, 9.17) is 11.6 Å². The molecule has 5 heteroatoms. The number of fused-ring (bicyclic) bond motifs is 1. The maximum Gasteiger partial charge on any atom is 0.203 e. The zero-order valence-electron chi connectivity index (χ0n) is 6.77. The van der Waals surface area contributed by atoms with E-state index < -0.39 is 0 Å². The van der Waals surface area contributed by atoms with E-state index in [1.165, 1.54) is 0 Å². The fourth-order valence-electron chi connectivity index (χ4n) is 1.24. The third-order valence-corrected chi connectivity index (χ3v) is 3.67. The Bertz CT molecular complexity index is 566. The highest BCUT2D eigenvalue weighted by Gasteiger charge is 2.08. The topological polar surface area (TPSA) is 32.9 Å². The summed E-state index contributed by atoms with van der Waals surface area (Å²) in [5, 5.41) is 1.15. The molecule has 2 nitrogen and oxygen atoms in total. The maximum atomic E-state index is 11.8. The van der Waals surface area contributed by atoms with Gasteiger partial charge in [0.05, 0.1) is 19.5 Å². The highest BCUT2D eigenvalue weighted by atomic mass is 127. The first-order valence-electron chi connectivity index (χ1n) is 3.76. The molecule has 1 aromatic carbocycles. The van der Waals surface area contributed by atoms with Crippen molar-refractivity contribution in [3.8, 4) is 0 Å². The third-order valence-electron chi connectivity index (χ3n) is 1.89. The molecule has 0 aliphatic rings. The van der Waals surface area contributed by atoms with Crippen LogP contribution >= 0.6 is 50.1 Å². The van der Waals surface area contributed by atoms with Gasteiger partial charge in [0.2, 0.25) is 5.43 Å². The molecule has 72 valence electrons. The number of hydrogen-bond donors (Lipinski definition) is 1. The van der Waals surface area contributed by atoms with Crippen LogP contribution in [0.25, 0.3) is 10.9 Å². The smallest absolute Gasteiger partial charge is 0.203 e. The predicted octanol–water partition coefficient (Wildman–Crippen LogP) is 3.55. The summed E-state index contributed by atoms with van der Waals surface area (Å²) >= 11 is 11.3. The second kappa shape index (κ2) is 3.83. The van der Waals surface area contributed by atoms with Crippen molar-refractivity contribution in [1.29, 1.82) is 0 Å². The van der Waals surface area contributed by atoms with Gasteiger partial charge in [-0.25, -0.2) is 0 Å². The first kappa shape index (κ1) is 10.4. The molecule has 1 aromatic heterocycles. The second-order valence-corrected chi connectivity index (χ2v) is 5.17. The Balaban J connectivity index is 3.09. The standard InChI is InChI=1S/C9H4BrClINO/c10-4-1-2-5(11)8-7(4)9(14)6(12)3-13-8/h1-3H,(H,13,14). The molecule has 0 amide bonds. The van der Waals surface area contributed by atoms with Gasteiger partial charge in [0, 0.05) is 10.7 Å². The van der Waals surface area contributed by atoms with Gasteiger partial charge >= 0.3 is 0 Å². The van der Waals surface area contributed by atoms with E-state index in [0.29, 0.717) is 19.5 Å². The minimum atomic E-state index is -0.00581. The molecule has 2 aromatic rings. The highest BCUT2D eigenvalue weighted by molar-refractivity contribution is 14.1. The molecular formula is C9H4BrClINO. The molecule has 0 spiro atoms. The summed E-state index contributed by atoms with van der Waals surface area (Å²) in [4.78, 5) is 14.8. The number of rotatable bonds is 0. The quantitative estimate of drug-likeness (QED) is 0.693. The fraction of sp³-hybridized carbons (Fsp3) is 0. The molecule has 2 rings (SSSR count). The van der Waals surface area contributed by atoms with E-state index in [2.05, 4.69) is 20.9 Å². The van der Waals surface area contributed by atoms with E-state index in [0.717, 1.165) is 4.47 Å². The first-order valence-corrected chi connectivity index (χ1v) is 6.01. The van der Waals surface area contributed by atoms with Gasteiger partial charge in [-0.3, -0.25) is 4.79 Å². The van der Waals surface area contributed by atoms with Gasteiger partial charge in [-0.15, -0.1) is 0 Å². The molecule has 1 N–H and O–H groups in total. The van der Waals surface area contributed by atoms with Crippen molar-refractivity contribution in [3.05, 3.63) is 41.6 Å². The summed E-state index contributed by atoms with van der Waals surface area (Å²) in [7, 11) is 0. The summed E-state index contributed by atoms with van der Waals surface area (Å²) in [5.74, 6) is 0. The van der Waals surface area contributed by atoms with Gasteiger partial charge in [-0.1, -0.05) is 11.6 Å². The van der Waals surface area contributed by atoms with Crippen LogP contribution in [0.2, 0.25) is 5.02 Å². The van der Waals surface area contributed by atoms with E-state index in [1.807, 2.05) is 22.6 Å². The second-order valence-electron chi connectivity index (χ2n) is 2.74. The van der Waals surface area contributed by atoms with Crippen molar-refractivity contribution in [3.63, 3.8) is 0 Å². The normalized spacial score (nSPS) is 10.8. The van der Waals surface area contributed by atoms with Gasteiger partial charge in [-0.05, 0) is 50.7 Å². The molecule has 0 aliphatic heterocycles. The van der Waals surface area contributed by atoms with Gasteiger partial charge in [0.25, 0.3) is 0 Å². The van der Waals surface area contributed by atoms with Crippen LogP contribution in [0, 0.1) is 3.57 Å². The Morgan fingerprint density at radius 3 is 2.86 bits per heavy atom. The first-order chi connectivity index (χ1) is 6.61. The Morgan fingerprint density at radius 2 is 2.14 bits per heavy atom. The predicted molar refractivity (Wildman–Crippen MR) is 70.0 cm³/mol. The van der Waals surface area contributed by atoms with Crippen LogP contribution in [0.15, 0.2) is 27.6 Å². The summed E-state index contributed by atoms with van der Waals surface area (Å²) in [6.45, 7) is 0. The summed E-state index contributed by atoms with van der Waals surface area (Å²) in [6.07, 6.45) is 1.66. The monoisotopic (exact) mass is 383 g/mol. The molecule has 14 heavy (non-hydrogen) atoms. The van der Waals surface area contributed by atoms with Crippen LogP contribution in [0.1, 0.15) is 0 Å². The maximum absolute atomic E-state index is 11.8. The van der Waals surface area contributed by atoms with Gasteiger partial charge in [0.15, 0.2) is 0 Å². The number of H-pyrrole nitrogens is 1. The zero-order chi connectivity index (χ0) is 10.3. The third kappa shape index (κ3) is 1.59. The molecule has 0 atom stereocenters. The minimum absolute atomic E-state index is 0.00581. The molecule has 0 aliphatic carbocycles. The van der Waals surface area contributed by atoms with Crippen LogP contribution in [0.4, 0.5) is 0 Å². The van der Waals surface area contributed by atoms with Crippen LogP contribution in [0.5, 0.6) is 0 Å². The van der Waals surface area contributed by atoms with Crippen LogP contribution in [-0.4, -0.2) is 4.98 Å². The SMILES string of the molecule is O=c1c(I)c[nH]c2c(Cl)ccc(Br)c12. The van der Waals surface area contributed by atoms with E-state index in [-0.39, 0.29) is 5.43 Å². The molecule has 0 fully saturated rings. The Kier molecular flexibility index (Phi) is 2.86. The lowest BCUT2D eigenvalue weighted by molar-refractivity contribution is 1.35. The fourth-order valence-corrected chi connectivity index (χ4v) is 2.38. The lowest BCUT2D eigenvalue weighted by atomic mass is 10.2. The van der Waals surface area contributed by atoms with Crippen molar-refractivity contribution in [2.24, 2.45) is 0 Å². The lowest BCUT2D eigenvalue weighted by Gasteiger charge is -2.02. The van der Waals surface area contributed by atoms with Crippen molar-refractivity contribution < 1.29 is 0 Å². The van der Waals surface area contributed by atoms with Crippen molar-refractivity contribution >= 4 is 61.0 Å². The molecule has 0 radical (unpaired) electrons. The van der Waals surface area contributed by atoms with E-state index in [1.54, 1.807) is 18.3 Å². The number of benzene rings is 1. The lowest BCUT2D eigenvalue weighted by Crippen LogP contribution is -2.07. The van der Waals surface area contributed by atoms with Crippen molar-refractivity contribution in [2.75, 3.05) is 0 Å². The number of aromatic nitrogens is 1. The number of halogens is 3. The van der Waals surface area contributed by atoms with Crippen molar-refractivity contribution in [2.45, 2.75) is 0 Å². The number of aromatic amines is 1. The number of pyridine rings is 1. The Labute approximate surface area is 107 Å². The van der Waals surface area contributed by atoms with E-state index in [9.17, 15) is 4.79 Å². The Morgan fingerprint density at radius 1 is 1.43 bits per heavy atom. The van der Waals surface area contributed by atoms with Gasteiger partial charge in [-0.2, -0.15) is 0 Å². The number of hydrogen-bond acceptors (Lipinski definition) is 1. The van der Waals surface area contributed by atoms with E-state index >= 15 is 0 Å². The van der Waals surface area contributed by atoms with Crippen molar-refractivity contribution in [1.82, 2.24) is 4.98 Å².